The molecule has 3 aliphatic rings. The summed E-state index contributed by atoms with van der Waals surface area (Å²) in [4.78, 5) is 12.9. The number of rotatable bonds is 16. The van der Waals surface area contributed by atoms with Crippen molar-refractivity contribution in [3.63, 3.8) is 0 Å². The van der Waals surface area contributed by atoms with E-state index in [0.717, 1.165) is 61.2 Å². The van der Waals surface area contributed by atoms with Gasteiger partial charge in [-0.15, -0.1) is 0 Å². The van der Waals surface area contributed by atoms with Crippen LogP contribution in [0.2, 0.25) is 0 Å². The van der Waals surface area contributed by atoms with Gasteiger partial charge in [0.1, 0.15) is 11.5 Å². The molecular formula is C38H62O3. The topological polar surface area (TPSA) is 35.5 Å². The van der Waals surface area contributed by atoms with Crippen LogP contribution in [0.25, 0.3) is 0 Å². The molecular weight excluding hydrogens is 504 g/mol. The molecule has 3 saturated carbocycles. The molecule has 0 saturated heterocycles. The first-order valence-corrected chi connectivity index (χ1v) is 18.1. The Bertz CT molecular complexity index is 824. The number of carbonyl (C=O) groups is 1. The number of ether oxygens (including phenoxy) is 2. The van der Waals surface area contributed by atoms with Gasteiger partial charge in [0.2, 0.25) is 0 Å². The van der Waals surface area contributed by atoms with Gasteiger partial charge in [0.15, 0.2) is 0 Å². The Morgan fingerprint density at radius 2 is 1.02 bits per heavy atom. The predicted molar refractivity (Wildman–Crippen MR) is 171 cm³/mol. The molecule has 0 aliphatic heterocycles. The highest BCUT2D eigenvalue weighted by Gasteiger charge is 2.33. The zero-order valence-corrected chi connectivity index (χ0v) is 26.8. The smallest absolute Gasteiger partial charge is 0.314 e. The van der Waals surface area contributed by atoms with Gasteiger partial charge in [-0.2, -0.15) is 0 Å². The molecule has 3 aliphatic carbocycles. The third-order valence-corrected chi connectivity index (χ3v) is 11.1. The standard InChI is InChI=1S/C38H62O3/c1-3-5-7-10-30-13-15-32(16-14-30)12-9-29-40-36-25-27-37(28-26-36)41-38(39)35-23-21-34(22-24-35)33-19-17-31(18-20-33)11-8-6-4-2/h25-28,30-35H,3-24,29H2,1-2H3/t30-,31-,32-,33-,34-,35-. The summed E-state index contributed by atoms with van der Waals surface area (Å²) in [6.07, 6.45) is 29.5. The molecule has 0 atom stereocenters. The number of carbonyl (C=O) groups excluding carboxylic acids is 1. The minimum Gasteiger partial charge on any atom is -0.494 e. The Labute approximate surface area is 252 Å². The van der Waals surface area contributed by atoms with Gasteiger partial charge in [0.25, 0.3) is 0 Å². The number of hydrogen-bond donors (Lipinski definition) is 0. The van der Waals surface area contributed by atoms with Crippen LogP contribution in [-0.2, 0) is 4.79 Å². The molecule has 0 radical (unpaired) electrons. The van der Waals surface area contributed by atoms with Gasteiger partial charge in [-0.05, 0) is 105 Å². The summed E-state index contributed by atoms with van der Waals surface area (Å²) in [6.45, 7) is 5.38. The van der Waals surface area contributed by atoms with Crippen molar-refractivity contribution < 1.29 is 14.3 Å². The van der Waals surface area contributed by atoms with E-state index in [2.05, 4.69) is 13.8 Å². The maximum Gasteiger partial charge on any atom is 0.314 e. The molecule has 4 rings (SSSR count). The van der Waals surface area contributed by atoms with E-state index < -0.39 is 0 Å². The maximum absolute atomic E-state index is 12.9. The summed E-state index contributed by atoms with van der Waals surface area (Å²) >= 11 is 0. The lowest BCUT2D eigenvalue weighted by Gasteiger charge is -2.37. The van der Waals surface area contributed by atoms with Gasteiger partial charge in [-0.1, -0.05) is 104 Å². The van der Waals surface area contributed by atoms with Crippen molar-refractivity contribution in [2.45, 2.75) is 155 Å². The van der Waals surface area contributed by atoms with Crippen LogP contribution in [0.5, 0.6) is 11.5 Å². The molecule has 3 fully saturated rings. The second-order valence-corrected chi connectivity index (χ2v) is 14.2. The molecule has 1 aromatic carbocycles. The second-order valence-electron chi connectivity index (χ2n) is 14.2. The van der Waals surface area contributed by atoms with Crippen molar-refractivity contribution >= 4 is 5.97 Å². The van der Waals surface area contributed by atoms with Gasteiger partial charge in [-0.3, -0.25) is 4.79 Å². The molecule has 232 valence electrons. The quantitative estimate of drug-likeness (QED) is 0.113. The molecule has 1 aromatic rings. The van der Waals surface area contributed by atoms with E-state index in [4.69, 9.17) is 9.47 Å². The zero-order chi connectivity index (χ0) is 28.7. The summed E-state index contributed by atoms with van der Waals surface area (Å²) in [5, 5.41) is 0. The first kappa shape index (κ1) is 32.4. The van der Waals surface area contributed by atoms with E-state index in [1.807, 2.05) is 24.3 Å². The summed E-state index contributed by atoms with van der Waals surface area (Å²) in [6, 6.07) is 7.72. The molecule has 0 bridgehead atoms. The molecule has 0 amide bonds. The molecule has 0 heterocycles. The average Bonchev–Trinajstić information content (AvgIpc) is 3.01. The lowest BCUT2D eigenvalue weighted by Crippen LogP contribution is -2.30. The van der Waals surface area contributed by atoms with Crippen molar-refractivity contribution in [2.24, 2.45) is 35.5 Å². The lowest BCUT2D eigenvalue weighted by atomic mass is 9.68. The second kappa shape index (κ2) is 18.2. The Balaban J connectivity index is 1.06. The number of unbranched alkanes of at least 4 members (excludes halogenated alkanes) is 4. The number of hydrogen-bond acceptors (Lipinski definition) is 3. The Hall–Kier alpha value is -1.51. The van der Waals surface area contributed by atoms with Gasteiger partial charge in [-0.25, -0.2) is 0 Å². The molecule has 0 aromatic heterocycles. The molecule has 0 N–H and O–H groups in total. The Kier molecular flexibility index (Phi) is 14.4. The Morgan fingerprint density at radius 1 is 0.585 bits per heavy atom. The fourth-order valence-electron chi connectivity index (χ4n) is 8.31. The summed E-state index contributed by atoms with van der Waals surface area (Å²) in [7, 11) is 0. The van der Waals surface area contributed by atoms with Crippen LogP contribution in [0, 0.1) is 35.5 Å². The van der Waals surface area contributed by atoms with E-state index in [-0.39, 0.29) is 11.9 Å². The largest absolute Gasteiger partial charge is 0.494 e. The zero-order valence-electron chi connectivity index (χ0n) is 26.8. The molecule has 3 heteroatoms. The van der Waals surface area contributed by atoms with Gasteiger partial charge >= 0.3 is 5.97 Å². The fourth-order valence-corrected chi connectivity index (χ4v) is 8.31. The van der Waals surface area contributed by atoms with Crippen molar-refractivity contribution in [1.29, 1.82) is 0 Å². The van der Waals surface area contributed by atoms with E-state index >= 15 is 0 Å². The highest BCUT2D eigenvalue weighted by molar-refractivity contribution is 5.75. The van der Waals surface area contributed by atoms with Crippen LogP contribution in [0.1, 0.15) is 155 Å². The highest BCUT2D eigenvalue weighted by Crippen LogP contribution is 2.42. The average molecular weight is 567 g/mol. The highest BCUT2D eigenvalue weighted by atomic mass is 16.5. The Morgan fingerprint density at radius 3 is 1.54 bits per heavy atom. The van der Waals surface area contributed by atoms with E-state index in [0.29, 0.717) is 5.75 Å². The van der Waals surface area contributed by atoms with Crippen LogP contribution in [-0.4, -0.2) is 12.6 Å². The minimum atomic E-state index is -0.0307. The van der Waals surface area contributed by atoms with Crippen LogP contribution >= 0.6 is 0 Å². The minimum absolute atomic E-state index is 0.0307. The number of benzene rings is 1. The first-order chi connectivity index (χ1) is 20.1. The SMILES string of the molecule is CCCCC[C@H]1CC[C@H](CCCOc2ccc(OC(=O)[C@H]3CC[C@H]([C@H]4CC[C@H](CCCCC)CC4)CC3)cc2)CC1. The van der Waals surface area contributed by atoms with Crippen molar-refractivity contribution in [1.82, 2.24) is 0 Å². The van der Waals surface area contributed by atoms with Crippen molar-refractivity contribution in [3.05, 3.63) is 24.3 Å². The summed E-state index contributed by atoms with van der Waals surface area (Å²) in [5.41, 5.74) is 0. The van der Waals surface area contributed by atoms with Crippen LogP contribution < -0.4 is 9.47 Å². The normalized spacial score (nSPS) is 28.7. The third-order valence-electron chi connectivity index (χ3n) is 11.1. The summed E-state index contributed by atoms with van der Waals surface area (Å²) in [5.74, 6) is 6.17. The molecule has 0 unspecified atom stereocenters. The van der Waals surface area contributed by atoms with E-state index in [9.17, 15) is 4.79 Å². The van der Waals surface area contributed by atoms with Crippen LogP contribution in [0.3, 0.4) is 0 Å². The van der Waals surface area contributed by atoms with Crippen LogP contribution in [0.4, 0.5) is 0 Å². The first-order valence-electron chi connectivity index (χ1n) is 18.1. The number of esters is 1. The fraction of sp³-hybridized carbons (Fsp3) is 0.816. The van der Waals surface area contributed by atoms with Gasteiger partial charge in [0, 0.05) is 0 Å². The molecule has 41 heavy (non-hydrogen) atoms. The van der Waals surface area contributed by atoms with Crippen LogP contribution in [0.15, 0.2) is 24.3 Å². The lowest BCUT2D eigenvalue weighted by molar-refractivity contribution is -0.140. The van der Waals surface area contributed by atoms with Gasteiger partial charge in [0.05, 0.1) is 12.5 Å². The van der Waals surface area contributed by atoms with Crippen molar-refractivity contribution in [2.75, 3.05) is 6.61 Å². The van der Waals surface area contributed by atoms with E-state index in [1.165, 1.54) is 122 Å². The molecule has 3 nitrogen and oxygen atoms in total. The maximum atomic E-state index is 12.9. The predicted octanol–water partition coefficient (Wildman–Crippen LogP) is 11.3. The summed E-state index contributed by atoms with van der Waals surface area (Å²) < 4.78 is 11.8. The molecule has 0 spiro atoms. The van der Waals surface area contributed by atoms with E-state index in [1.54, 1.807) is 0 Å². The monoisotopic (exact) mass is 566 g/mol. The van der Waals surface area contributed by atoms with Crippen molar-refractivity contribution in [3.8, 4) is 11.5 Å². The van der Waals surface area contributed by atoms with Gasteiger partial charge < -0.3 is 9.47 Å². The third kappa shape index (κ3) is 11.3.